The van der Waals surface area contributed by atoms with Crippen molar-refractivity contribution >= 4 is 23.7 Å². The predicted molar refractivity (Wildman–Crippen MR) is 127 cm³/mol. The third-order valence-corrected chi connectivity index (χ3v) is 6.54. The van der Waals surface area contributed by atoms with E-state index in [2.05, 4.69) is 34.9 Å². The molecule has 1 fully saturated rings. The summed E-state index contributed by atoms with van der Waals surface area (Å²) in [4.78, 5) is 35.9. The van der Waals surface area contributed by atoms with Gasteiger partial charge < -0.3 is 15.2 Å². The summed E-state index contributed by atoms with van der Waals surface area (Å²) < 4.78 is 5.56. The first-order chi connectivity index (χ1) is 16.5. The molecule has 2 amide bonds. The third kappa shape index (κ3) is 4.24. The van der Waals surface area contributed by atoms with E-state index in [1.807, 2.05) is 24.3 Å². The number of rotatable bonds is 6. The Labute approximate surface area is 196 Å². The number of hydrogen-bond acceptors (Lipinski definition) is 4. The molecule has 0 bridgehead atoms. The second kappa shape index (κ2) is 9.02. The van der Waals surface area contributed by atoms with Crippen molar-refractivity contribution in [3.63, 3.8) is 0 Å². The zero-order chi connectivity index (χ0) is 23.7. The van der Waals surface area contributed by atoms with Gasteiger partial charge in [-0.05, 0) is 53.3 Å². The molecule has 2 aliphatic carbocycles. The zero-order valence-electron chi connectivity index (χ0n) is 18.4. The van der Waals surface area contributed by atoms with Crippen molar-refractivity contribution < 1.29 is 24.2 Å². The van der Waals surface area contributed by atoms with Crippen LogP contribution < -0.4 is 10.6 Å². The molecule has 172 valence electrons. The van der Waals surface area contributed by atoms with Crippen LogP contribution in [0.25, 0.3) is 11.1 Å². The van der Waals surface area contributed by atoms with E-state index in [1.54, 1.807) is 24.3 Å². The summed E-state index contributed by atoms with van der Waals surface area (Å²) in [5.74, 6) is -1.57. The van der Waals surface area contributed by atoms with Gasteiger partial charge in [-0.25, -0.2) is 4.79 Å². The van der Waals surface area contributed by atoms with Gasteiger partial charge in [-0.15, -0.1) is 0 Å². The van der Waals surface area contributed by atoms with Crippen LogP contribution in [0.3, 0.4) is 0 Å². The van der Waals surface area contributed by atoms with Gasteiger partial charge in [0, 0.05) is 23.2 Å². The molecule has 2 aliphatic rings. The third-order valence-electron chi connectivity index (χ3n) is 6.54. The lowest BCUT2D eigenvalue weighted by Gasteiger charge is -2.32. The van der Waals surface area contributed by atoms with E-state index in [1.165, 1.54) is 0 Å². The molecule has 7 nitrogen and oxygen atoms in total. The van der Waals surface area contributed by atoms with Crippen LogP contribution >= 0.6 is 0 Å². The van der Waals surface area contributed by atoms with Crippen molar-refractivity contribution in [3.8, 4) is 11.1 Å². The normalized spacial score (nSPS) is 18.2. The maximum absolute atomic E-state index is 12.5. The summed E-state index contributed by atoms with van der Waals surface area (Å²) in [7, 11) is 0. The van der Waals surface area contributed by atoms with Gasteiger partial charge >= 0.3 is 12.1 Å². The van der Waals surface area contributed by atoms with Crippen LogP contribution in [0, 0.1) is 5.92 Å². The number of amides is 2. The highest BCUT2D eigenvalue weighted by molar-refractivity contribution is 5.96. The molecule has 0 aliphatic heterocycles. The number of carbonyl (C=O) groups is 3. The molecule has 3 aromatic carbocycles. The predicted octanol–water partition coefficient (Wildman–Crippen LogP) is 4.64. The standard InChI is InChI=1S/C27H24N2O5/c30-25(28-19-13-17(14-19)26(31)32)16-6-5-7-18(12-16)29-27(33)34-15-24-22-10-3-1-8-20(22)21-9-2-4-11-23(21)24/h1-12,17,19,24H,13-15H2,(H,28,30)(H,29,33)(H,31,32). The first-order valence-corrected chi connectivity index (χ1v) is 11.3. The molecule has 34 heavy (non-hydrogen) atoms. The number of carboxylic acid groups (broad SMARTS) is 1. The van der Waals surface area contributed by atoms with Crippen LogP contribution in [0.15, 0.2) is 72.8 Å². The Bertz CT molecular complexity index is 1220. The van der Waals surface area contributed by atoms with Gasteiger partial charge in [-0.1, -0.05) is 54.6 Å². The molecule has 0 spiro atoms. The van der Waals surface area contributed by atoms with E-state index in [9.17, 15) is 14.4 Å². The van der Waals surface area contributed by atoms with E-state index >= 15 is 0 Å². The van der Waals surface area contributed by atoms with Crippen molar-refractivity contribution in [2.24, 2.45) is 5.92 Å². The SMILES string of the molecule is O=C(Nc1cccc(C(=O)NC2CC(C(=O)O)C2)c1)OCC1c2ccccc2-c2ccccc21. The fraction of sp³-hybridized carbons (Fsp3) is 0.222. The Kier molecular flexibility index (Phi) is 5.76. The Morgan fingerprint density at radius 1 is 0.882 bits per heavy atom. The largest absolute Gasteiger partial charge is 0.481 e. The number of carboxylic acids is 1. The summed E-state index contributed by atoms with van der Waals surface area (Å²) in [5, 5.41) is 14.5. The van der Waals surface area contributed by atoms with E-state index in [0.29, 0.717) is 24.1 Å². The monoisotopic (exact) mass is 456 g/mol. The minimum Gasteiger partial charge on any atom is -0.481 e. The minimum absolute atomic E-state index is 0.0348. The lowest BCUT2D eigenvalue weighted by Crippen LogP contribution is -2.46. The summed E-state index contributed by atoms with van der Waals surface area (Å²) in [6.07, 6.45) is 0.264. The maximum atomic E-state index is 12.5. The van der Waals surface area contributed by atoms with E-state index in [-0.39, 0.29) is 24.5 Å². The fourth-order valence-electron chi connectivity index (χ4n) is 4.70. The summed E-state index contributed by atoms with van der Waals surface area (Å²) in [6, 6.07) is 22.7. The number of fused-ring (bicyclic) bond motifs is 3. The second-order valence-electron chi connectivity index (χ2n) is 8.71. The van der Waals surface area contributed by atoms with Gasteiger partial charge in [0.2, 0.25) is 0 Å². The Balaban J connectivity index is 1.19. The molecule has 5 rings (SSSR count). The van der Waals surface area contributed by atoms with Gasteiger partial charge in [0.1, 0.15) is 6.61 Å². The van der Waals surface area contributed by atoms with Crippen LogP contribution in [0.5, 0.6) is 0 Å². The molecular formula is C27H24N2O5. The molecule has 0 aromatic heterocycles. The summed E-state index contributed by atoms with van der Waals surface area (Å²) >= 11 is 0. The average Bonchev–Trinajstić information content (AvgIpc) is 3.13. The Hall–Kier alpha value is -4.13. The van der Waals surface area contributed by atoms with Crippen molar-refractivity contribution in [3.05, 3.63) is 89.5 Å². The Morgan fingerprint density at radius 3 is 2.18 bits per heavy atom. The molecule has 0 radical (unpaired) electrons. The number of carbonyl (C=O) groups excluding carboxylic acids is 2. The molecule has 7 heteroatoms. The van der Waals surface area contributed by atoms with Gasteiger partial charge in [0.25, 0.3) is 5.91 Å². The zero-order valence-corrected chi connectivity index (χ0v) is 18.4. The molecule has 0 saturated heterocycles. The van der Waals surface area contributed by atoms with Crippen molar-refractivity contribution in [2.45, 2.75) is 24.8 Å². The molecule has 3 aromatic rings. The Morgan fingerprint density at radius 2 is 1.53 bits per heavy atom. The number of ether oxygens (including phenoxy) is 1. The first-order valence-electron chi connectivity index (χ1n) is 11.3. The minimum atomic E-state index is -0.834. The highest BCUT2D eigenvalue weighted by atomic mass is 16.5. The molecule has 0 atom stereocenters. The molecule has 1 saturated carbocycles. The van der Waals surface area contributed by atoms with Gasteiger partial charge in [-0.3, -0.25) is 14.9 Å². The number of aliphatic carboxylic acids is 1. The lowest BCUT2D eigenvalue weighted by atomic mass is 9.80. The van der Waals surface area contributed by atoms with E-state index < -0.39 is 18.0 Å². The average molecular weight is 456 g/mol. The number of hydrogen-bond donors (Lipinski definition) is 3. The highest BCUT2D eigenvalue weighted by Crippen LogP contribution is 2.44. The topological polar surface area (TPSA) is 105 Å². The highest BCUT2D eigenvalue weighted by Gasteiger charge is 2.35. The number of anilines is 1. The van der Waals surface area contributed by atoms with Gasteiger partial charge in [0.15, 0.2) is 0 Å². The quantitative estimate of drug-likeness (QED) is 0.501. The van der Waals surface area contributed by atoms with E-state index in [4.69, 9.17) is 9.84 Å². The van der Waals surface area contributed by atoms with Gasteiger partial charge in [-0.2, -0.15) is 0 Å². The molecular weight excluding hydrogens is 432 g/mol. The smallest absolute Gasteiger partial charge is 0.411 e. The van der Waals surface area contributed by atoms with Gasteiger partial charge in [0.05, 0.1) is 5.92 Å². The van der Waals surface area contributed by atoms with Crippen LogP contribution in [-0.4, -0.2) is 35.7 Å². The van der Waals surface area contributed by atoms with Crippen LogP contribution in [0.2, 0.25) is 0 Å². The van der Waals surface area contributed by atoms with Crippen LogP contribution in [0.4, 0.5) is 10.5 Å². The lowest BCUT2D eigenvalue weighted by molar-refractivity contribution is -0.145. The van der Waals surface area contributed by atoms with Crippen molar-refractivity contribution in [1.29, 1.82) is 0 Å². The summed E-state index contributed by atoms with van der Waals surface area (Å²) in [6.45, 7) is 0.201. The van der Waals surface area contributed by atoms with Crippen molar-refractivity contribution in [1.82, 2.24) is 5.32 Å². The maximum Gasteiger partial charge on any atom is 0.411 e. The molecule has 0 unspecified atom stereocenters. The fourth-order valence-corrected chi connectivity index (χ4v) is 4.70. The number of nitrogens with one attached hydrogen (secondary N) is 2. The molecule has 3 N–H and O–H groups in total. The summed E-state index contributed by atoms with van der Waals surface area (Å²) in [5.41, 5.74) is 5.42. The number of benzene rings is 3. The first kappa shape index (κ1) is 21.7. The second-order valence-corrected chi connectivity index (χ2v) is 8.71. The molecule has 0 heterocycles. The van der Waals surface area contributed by atoms with E-state index in [0.717, 1.165) is 22.3 Å². The van der Waals surface area contributed by atoms with Crippen LogP contribution in [-0.2, 0) is 9.53 Å². The van der Waals surface area contributed by atoms with Crippen molar-refractivity contribution in [2.75, 3.05) is 11.9 Å². The van der Waals surface area contributed by atoms with Crippen LogP contribution in [0.1, 0.15) is 40.2 Å².